The van der Waals surface area contributed by atoms with Gasteiger partial charge in [-0.2, -0.15) is 0 Å². The molecule has 3 rings (SSSR count). The van der Waals surface area contributed by atoms with Crippen LogP contribution in [0.4, 0.5) is 5.69 Å². The Hall–Kier alpha value is -1.59. The maximum absolute atomic E-state index is 11.3. The van der Waals surface area contributed by atoms with Gasteiger partial charge in [0.25, 0.3) is 5.91 Å². The Morgan fingerprint density at radius 1 is 1.44 bits per heavy atom. The molecule has 0 aromatic heterocycles. The summed E-state index contributed by atoms with van der Waals surface area (Å²) in [5.74, 6) is 0.630. The number of carbonyl (C=O) groups excluding carboxylic acids is 1. The predicted octanol–water partition coefficient (Wildman–Crippen LogP) is 0.505. The van der Waals surface area contributed by atoms with Gasteiger partial charge in [-0.25, -0.2) is 0 Å². The Morgan fingerprint density at radius 2 is 2.28 bits per heavy atom. The zero-order chi connectivity index (χ0) is 12.6. The molecule has 5 nitrogen and oxygen atoms in total. The molecule has 96 valence electrons. The van der Waals surface area contributed by atoms with E-state index in [2.05, 4.69) is 16.7 Å². The van der Waals surface area contributed by atoms with E-state index in [9.17, 15) is 4.79 Å². The number of fused-ring (bicyclic) bond motifs is 1. The largest absolute Gasteiger partial charge is 0.482 e. The van der Waals surface area contributed by atoms with Crippen molar-refractivity contribution >= 4 is 11.6 Å². The second kappa shape index (κ2) is 4.26. The van der Waals surface area contributed by atoms with Gasteiger partial charge in [-0.1, -0.05) is 6.07 Å². The molecule has 1 aromatic rings. The Balaban J connectivity index is 1.93. The average Bonchev–Trinajstić information content (AvgIpc) is 2.33. The summed E-state index contributed by atoms with van der Waals surface area (Å²) in [7, 11) is 1.93. The van der Waals surface area contributed by atoms with Crippen molar-refractivity contribution in [3.05, 3.63) is 23.8 Å². The fourth-order valence-corrected chi connectivity index (χ4v) is 2.47. The number of hydrogen-bond acceptors (Lipinski definition) is 4. The van der Waals surface area contributed by atoms with Crippen LogP contribution in [0.2, 0.25) is 0 Å². The first-order chi connectivity index (χ1) is 8.73. The molecule has 0 atom stereocenters. The van der Waals surface area contributed by atoms with E-state index in [1.165, 1.54) is 5.56 Å². The van der Waals surface area contributed by atoms with Crippen molar-refractivity contribution in [2.45, 2.75) is 5.41 Å². The SMILES string of the molecule is CNCC1(c2ccc3c(c2)NC(=O)CO3)COC1. The zero-order valence-corrected chi connectivity index (χ0v) is 10.3. The van der Waals surface area contributed by atoms with Gasteiger partial charge < -0.3 is 20.1 Å². The highest BCUT2D eigenvalue weighted by molar-refractivity contribution is 5.95. The first-order valence-corrected chi connectivity index (χ1v) is 6.03. The van der Waals surface area contributed by atoms with Crippen LogP contribution in [0.1, 0.15) is 5.56 Å². The van der Waals surface area contributed by atoms with Gasteiger partial charge in [0.2, 0.25) is 0 Å². The Kier molecular flexibility index (Phi) is 2.72. The summed E-state index contributed by atoms with van der Waals surface area (Å²) in [6.07, 6.45) is 0. The number of amides is 1. The number of anilines is 1. The summed E-state index contributed by atoms with van der Waals surface area (Å²) >= 11 is 0. The number of benzene rings is 1. The molecular formula is C13H16N2O3. The lowest BCUT2D eigenvalue weighted by molar-refractivity contribution is -0.118. The number of nitrogens with one attached hydrogen (secondary N) is 2. The molecule has 5 heteroatoms. The number of rotatable bonds is 3. The standard InChI is InChI=1S/C13H16N2O3/c1-14-6-13(7-17-8-13)9-2-3-11-10(4-9)15-12(16)5-18-11/h2-4,14H,5-8H2,1H3,(H,15,16). The van der Waals surface area contributed by atoms with Crippen LogP contribution in [-0.2, 0) is 14.9 Å². The van der Waals surface area contributed by atoms with Crippen LogP contribution in [0.15, 0.2) is 18.2 Å². The first-order valence-electron chi connectivity index (χ1n) is 6.03. The monoisotopic (exact) mass is 248 g/mol. The van der Waals surface area contributed by atoms with E-state index in [1.54, 1.807) is 0 Å². The fourth-order valence-electron chi connectivity index (χ4n) is 2.47. The summed E-state index contributed by atoms with van der Waals surface area (Å²) in [5.41, 5.74) is 1.95. The summed E-state index contributed by atoms with van der Waals surface area (Å²) in [6.45, 7) is 2.38. The van der Waals surface area contributed by atoms with Crippen LogP contribution in [0.3, 0.4) is 0 Å². The molecule has 1 fully saturated rings. The topological polar surface area (TPSA) is 59.6 Å². The molecule has 0 aliphatic carbocycles. The molecule has 2 N–H and O–H groups in total. The maximum Gasteiger partial charge on any atom is 0.262 e. The van der Waals surface area contributed by atoms with Gasteiger partial charge in [-0.15, -0.1) is 0 Å². The lowest BCUT2D eigenvalue weighted by Gasteiger charge is -2.42. The molecule has 18 heavy (non-hydrogen) atoms. The molecular weight excluding hydrogens is 232 g/mol. The number of likely N-dealkylation sites (N-methyl/N-ethyl adjacent to an activating group) is 1. The third kappa shape index (κ3) is 1.76. The van der Waals surface area contributed by atoms with Crippen LogP contribution in [0.25, 0.3) is 0 Å². The predicted molar refractivity (Wildman–Crippen MR) is 67.0 cm³/mol. The smallest absolute Gasteiger partial charge is 0.262 e. The molecule has 2 heterocycles. The minimum Gasteiger partial charge on any atom is -0.482 e. The molecule has 1 amide bonds. The number of ether oxygens (including phenoxy) is 2. The van der Waals surface area contributed by atoms with Gasteiger partial charge in [0.15, 0.2) is 6.61 Å². The van der Waals surface area contributed by atoms with Crippen LogP contribution in [0.5, 0.6) is 5.75 Å². The molecule has 2 aliphatic heterocycles. The third-order valence-corrected chi connectivity index (χ3v) is 3.50. The molecule has 0 bridgehead atoms. The third-order valence-electron chi connectivity index (χ3n) is 3.50. The molecule has 1 aromatic carbocycles. The quantitative estimate of drug-likeness (QED) is 0.818. The van der Waals surface area contributed by atoms with Crippen molar-refractivity contribution < 1.29 is 14.3 Å². The van der Waals surface area contributed by atoms with Crippen molar-refractivity contribution in [2.75, 3.05) is 38.7 Å². The highest BCUT2D eigenvalue weighted by Gasteiger charge is 2.40. The summed E-state index contributed by atoms with van der Waals surface area (Å²) in [6, 6.07) is 5.96. The van der Waals surface area contributed by atoms with E-state index >= 15 is 0 Å². The Bertz CT molecular complexity index is 483. The van der Waals surface area contributed by atoms with E-state index in [0.717, 1.165) is 18.0 Å². The van der Waals surface area contributed by atoms with Crippen molar-refractivity contribution in [3.63, 3.8) is 0 Å². The van der Waals surface area contributed by atoms with Gasteiger partial charge in [0.1, 0.15) is 5.75 Å². The zero-order valence-electron chi connectivity index (χ0n) is 10.3. The van der Waals surface area contributed by atoms with E-state index in [1.807, 2.05) is 19.2 Å². The van der Waals surface area contributed by atoms with Crippen LogP contribution in [-0.4, -0.2) is 39.3 Å². The average molecular weight is 248 g/mol. The molecule has 0 radical (unpaired) electrons. The molecule has 0 saturated carbocycles. The van der Waals surface area contributed by atoms with Crippen molar-refractivity contribution in [2.24, 2.45) is 0 Å². The van der Waals surface area contributed by atoms with Crippen LogP contribution in [0, 0.1) is 0 Å². The molecule has 0 spiro atoms. The normalized spacial score (nSPS) is 20.4. The van der Waals surface area contributed by atoms with Gasteiger partial charge in [0.05, 0.1) is 24.3 Å². The maximum atomic E-state index is 11.3. The first kappa shape index (κ1) is 11.5. The van der Waals surface area contributed by atoms with E-state index in [0.29, 0.717) is 13.2 Å². The summed E-state index contributed by atoms with van der Waals surface area (Å²) in [5, 5.41) is 6.04. The lowest BCUT2D eigenvalue weighted by Crippen LogP contribution is -2.52. The van der Waals surface area contributed by atoms with Gasteiger partial charge in [0, 0.05) is 6.54 Å². The van der Waals surface area contributed by atoms with Gasteiger partial charge >= 0.3 is 0 Å². The second-order valence-electron chi connectivity index (χ2n) is 4.85. The lowest BCUT2D eigenvalue weighted by atomic mass is 9.78. The molecule has 2 aliphatic rings. The second-order valence-corrected chi connectivity index (χ2v) is 4.85. The summed E-state index contributed by atoms with van der Waals surface area (Å²) < 4.78 is 10.7. The number of carbonyl (C=O) groups is 1. The molecule has 0 unspecified atom stereocenters. The van der Waals surface area contributed by atoms with Crippen LogP contribution < -0.4 is 15.4 Å². The summed E-state index contributed by atoms with van der Waals surface area (Å²) in [4.78, 5) is 11.3. The fraction of sp³-hybridized carbons (Fsp3) is 0.462. The van der Waals surface area contributed by atoms with Gasteiger partial charge in [-0.3, -0.25) is 4.79 Å². The van der Waals surface area contributed by atoms with Crippen molar-refractivity contribution in [3.8, 4) is 5.75 Å². The van der Waals surface area contributed by atoms with Crippen LogP contribution >= 0.6 is 0 Å². The van der Waals surface area contributed by atoms with E-state index < -0.39 is 0 Å². The van der Waals surface area contributed by atoms with Crippen molar-refractivity contribution in [1.82, 2.24) is 5.32 Å². The van der Waals surface area contributed by atoms with E-state index in [-0.39, 0.29) is 17.9 Å². The highest BCUT2D eigenvalue weighted by Crippen LogP contribution is 2.37. The minimum atomic E-state index is -0.104. The Morgan fingerprint density at radius 3 is 2.94 bits per heavy atom. The van der Waals surface area contributed by atoms with Crippen molar-refractivity contribution in [1.29, 1.82) is 0 Å². The Labute approximate surface area is 105 Å². The molecule has 1 saturated heterocycles. The minimum absolute atomic E-state index is 0.0198. The van der Waals surface area contributed by atoms with E-state index in [4.69, 9.17) is 9.47 Å². The highest BCUT2D eigenvalue weighted by atomic mass is 16.5. The van der Waals surface area contributed by atoms with Gasteiger partial charge in [-0.05, 0) is 24.7 Å². The number of hydrogen-bond donors (Lipinski definition) is 2.